The summed E-state index contributed by atoms with van der Waals surface area (Å²) < 4.78 is 19.2. The van der Waals surface area contributed by atoms with Gasteiger partial charge in [0, 0.05) is 12.5 Å². The van der Waals surface area contributed by atoms with Crippen LogP contribution < -0.4 is 16.0 Å². The van der Waals surface area contributed by atoms with E-state index in [9.17, 15) is 4.39 Å². The topological polar surface area (TPSA) is 73.1 Å². The molecule has 0 amide bonds. The van der Waals surface area contributed by atoms with Gasteiger partial charge in [0.15, 0.2) is 11.6 Å². The summed E-state index contributed by atoms with van der Waals surface area (Å²) >= 11 is 5.70. The summed E-state index contributed by atoms with van der Waals surface area (Å²) in [5.41, 5.74) is 2.43. The average molecular weight is 297 g/mol. The Bertz CT molecular complexity index is 609. The lowest BCUT2D eigenvalue weighted by molar-refractivity contribution is 0.425. The normalized spacial score (nSPS) is 10.4. The van der Waals surface area contributed by atoms with Crippen molar-refractivity contribution in [3.63, 3.8) is 0 Å². The number of nitrogens with two attached hydrogens (primary N) is 1. The molecule has 3 N–H and O–H groups in total. The first-order valence-electron chi connectivity index (χ1n) is 6.10. The first-order valence-corrected chi connectivity index (χ1v) is 6.48. The van der Waals surface area contributed by atoms with E-state index in [1.165, 1.54) is 18.2 Å². The average Bonchev–Trinajstić information content (AvgIpc) is 2.44. The van der Waals surface area contributed by atoms with Crippen LogP contribution in [-0.2, 0) is 6.42 Å². The lowest BCUT2D eigenvalue weighted by Crippen LogP contribution is -2.11. The predicted octanol–water partition coefficient (Wildman–Crippen LogP) is 3.30. The largest absolute Gasteiger partial charge is 0.436 e. The molecule has 0 unspecified atom stereocenters. The molecular formula is C13H14ClFN4O. The van der Waals surface area contributed by atoms with Crippen LogP contribution in [0, 0.1) is 5.82 Å². The Morgan fingerprint density at radius 1 is 1.40 bits per heavy atom. The zero-order valence-electron chi connectivity index (χ0n) is 10.9. The molecule has 7 heteroatoms. The Kier molecular flexibility index (Phi) is 4.70. The van der Waals surface area contributed by atoms with E-state index in [1.54, 1.807) is 6.07 Å². The fourth-order valence-corrected chi connectivity index (χ4v) is 1.78. The van der Waals surface area contributed by atoms with E-state index in [2.05, 4.69) is 15.4 Å². The monoisotopic (exact) mass is 296 g/mol. The molecule has 2 aromatic rings. The number of hydrogen-bond acceptors (Lipinski definition) is 5. The van der Waals surface area contributed by atoms with E-state index < -0.39 is 5.82 Å². The number of nitrogen functional groups attached to an aromatic ring is 1. The van der Waals surface area contributed by atoms with Gasteiger partial charge in [-0.15, -0.1) is 0 Å². The number of hydrogen-bond donors (Lipinski definition) is 2. The molecule has 20 heavy (non-hydrogen) atoms. The number of nitrogens with one attached hydrogen (secondary N) is 1. The van der Waals surface area contributed by atoms with Crippen molar-refractivity contribution in [2.75, 3.05) is 5.43 Å². The molecule has 0 aliphatic rings. The maximum absolute atomic E-state index is 13.8. The Morgan fingerprint density at radius 2 is 2.20 bits per heavy atom. The summed E-state index contributed by atoms with van der Waals surface area (Å²) in [4.78, 5) is 8.37. The molecule has 0 fully saturated rings. The summed E-state index contributed by atoms with van der Waals surface area (Å²) in [6.45, 7) is 2.00. The van der Waals surface area contributed by atoms with Gasteiger partial charge in [-0.3, -0.25) is 0 Å². The predicted molar refractivity (Wildman–Crippen MR) is 75.3 cm³/mol. The van der Waals surface area contributed by atoms with Crippen molar-refractivity contribution in [1.29, 1.82) is 0 Å². The number of halogens is 2. The van der Waals surface area contributed by atoms with Crippen molar-refractivity contribution < 1.29 is 9.13 Å². The third-order valence-electron chi connectivity index (χ3n) is 2.50. The van der Waals surface area contributed by atoms with E-state index in [0.717, 1.165) is 6.42 Å². The molecule has 0 saturated carbocycles. The Balaban J connectivity index is 2.32. The lowest BCUT2D eigenvalue weighted by atomic mass is 10.3. The molecular weight excluding hydrogens is 283 g/mol. The first-order chi connectivity index (χ1) is 9.63. The van der Waals surface area contributed by atoms with Gasteiger partial charge in [0.25, 0.3) is 0 Å². The van der Waals surface area contributed by atoms with Crippen LogP contribution in [0.3, 0.4) is 0 Å². The minimum atomic E-state index is -0.632. The fourth-order valence-electron chi connectivity index (χ4n) is 1.61. The van der Waals surface area contributed by atoms with Gasteiger partial charge in [-0.1, -0.05) is 24.6 Å². The van der Waals surface area contributed by atoms with Crippen LogP contribution in [0.4, 0.5) is 10.2 Å². The third-order valence-corrected chi connectivity index (χ3v) is 2.79. The second kappa shape index (κ2) is 6.49. The van der Waals surface area contributed by atoms with Crippen LogP contribution in [0.2, 0.25) is 5.02 Å². The van der Waals surface area contributed by atoms with Crippen molar-refractivity contribution in [1.82, 2.24) is 9.97 Å². The number of hydrazine groups is 1. The molecule has 0 saturated heterocycles. The number of nitrogens with zero attached hydrogens (tertiary/aromatic N) is 2. The molecule has 0 atom stereocenters. The van der Waals surface area contributed by atoms with Gasteiger partial charge in [0.05, 0.1) is 5.02 Å². The molecule has 0 radical (unpaired) electrons. The lowest BCUT2D eigenvalue weighted by Gasteiger charge is -2.09. The Morgan fingerprint density at radius 3 is 2.90 bits per heavy atom. The smallest absolute Gasteiger partial charge is 0.224 e. The summed E-state index contributed by atoms with van der Waals surface area (Å²) in [6.07, 6.45) is 1.54. The zero-order chi connectivity index (χ0) is 14.5. The standard InChI is InChI=1S/C13H14ClFN4O/c1-2-4-10-17-11(19-16)7-12(18-10)20-9-6-3-5-8(14)13(9)15/h3,5-7H,2,4,16H2,1H3,(H,17,18,19). The number of aromatic nitrogens is 2. The molecule has 1 heterocycles. The number of aryl methyl sites for hydroxylation is 1. The highest BCUT2D eigenvalue weighted by Gasteiger charge is 2.11. The highest BCUT2D eigenvalue weighted by Crippen LogP contribution is 2.28. The van der Waals surface area contributed by atoms with Crippen LogP contribution >= 0.6 is 11.6 Å². The number of ether oxygens (including phenoxy) is 1. The molecule has 0 bridgehead atoms. The molecule has 0 spiro atoms. The second-order valence-corrected chi connectivity index (χ2v) is 4.46. The van der Waals surface area contributed by atoms with Gasteiger partial charge in [-0.2, -0.15) is 4.98 Å². The zero-order valence-corrected chi connectivity index (χ0v) is 11.6. The van der Waals surface area contributed by atoms with Crippen molar-refractivity contribution in [3.05, 3.63) is 40.9 Å². The quantitative estimate of drug-likeness (QED) is 0.654. The highest BCUT2D eigenvalue weighted by molar-refractivity contribution is 6.30. The van der Waals surface area contributed by atoms with Gasteiger partial charge in [-0.25, -0.2) is 15.2 Å². The van der Waals surface area contributed by atoms with E-state index in [-0.39, 0.29) is 16.7 Å². The minimum absolute atomic E-state index is 0.00150. The van der Waals surface area contributed by atoms with Crippen molar-refractivity contribution >= 4 is 17.4 Å². The maximum Gasteiger partial charge on any atom is 0.224 e. The van der Waals surface area contributed by atoms with Crippen LogP contribution in [0.15, 0.2) is 24.3 Å². The molecule has 1 aromatic carbocycles. The van der Waals surface area contributed by atoms with E-state index in [1.807, 2.05) is 6.92 Å². The molecule has 5 nitrogen and oxygen atoms in total. The Hall–Kier alpha value is -1.92. The number of benzene rings is 1. The summed E-state index contributed by atoms with van der Waals surface area (Å²) in [7, 11) is 0. The van der Waals surface area contributed by atoms with Crippen LogP contribution in [0.5, 0.6) is 11.6 Å². The van der Waals surface area contributed by atoms with Crippen molar-refractivity contribution in [3.8, 4) is 11.6 Å². The van der Waals surface area contributed by atoms with Gasteiger partial charge in [0.1, 0.15) is 11.6 Å². The first kappa shape index (κ1) is 14.5. The minimum Gasteiger partial charge on any atom is -0.436 e. The van der Waals surface area contributed by atoms with Gasteiger partial charge in [-0.05, 0) is 18.6 Å². The van der Waals surface area contributed by atoms with Crippen molar-refractivity contribution in [2.45, 2.75) is 19.8 Å². The van der Waals surface area contributed by atoms with Crippen LogP contribution in [-0.4, -0.2) is 9.97 Å². The Labute approximate surface area is 120 Å². The molecule has 1 aromatic heterocycles. The molecule has 0 aliphatic heterocycles. The van der Waals surface area contributed by atoms with Gasteiger partial charge < -0.3 is 10.2 Å². The SMILES string of the molecule is CCCc1nc(NN)cc(Oc2cccc(Cl)c2F)n1. The maximum atomic E-state index is 13.8. The third kappa shape index (κ3) is 3.34. The van der Waals surface area contributed by atoms with E-state index in [4.69, 9.17) is 22.2 Å². The number of rotatable bonds is 5. The van der Waals surface area contributed by atoms with Crippen LogP contribution in [0.25, 0.3) is 0 Å². The van der Waals surface area contributed by atoms with E-state index in [0.29, 0.717) is 18.1 Å². The molecule has 0 aliphatic carbocycles. The van der Waals surface area contributed by atoms with Crippen molar-refractivity contribution in [2.24, 2.45) is 5.84 Å². The van der Waals surface area contributed by atoms with Crippen LogP contribution in [0.1, 0.15) is 19.2 Å². The fraction of sp³-hybridized carbons (Fsp3) is 0.231. The molecule has 106 valence electrons. The second-order valence-electron chi connectivity index (χ2n) is 4.06. The molecule has 2 rings (SSSR count). The summed E-state index contributed by atoms with van der Waals surface area (Å²) in [6, 6.07) is 5.99. The summed E-state index contributed by atoms with van der Waals surface area (Å²) in [5.74, 6) is 5.89. The van der Waals surface area contributed by atoms with Gasteiger partial charge >= 0.3 is 0 Å². The summed E-state index contributed by atoms with van der Waals surface area (Å²) in [5, 5.41) is -0.0116. The highest BCUT2D eigenvalue weighted by atomic mass is 35.5. The number of anilines is 1. The van der Waals surface area contributed by atoms with Gasteiger partial charge in [0.2, 0.25) is 5.88 Å². The van der Waals surface area contributed by atoms with E-state index >= 15 is 0 Å².